The molecule has 4 rings (SSSR count). The molecule has 2 aliphatic heterocycles. The van der Waals surface area contributed by atoms with Crippen LogP contribution in [0.2, 0.25) is 0 Å². The predicted octanol–water partition coefficient (Wildman–Crippen LogP) is 0.720. The molecule has 1 atom stereocenters. The van der Waals surface area contributed by atoms with Crippen LogP contribution in [0.3, 0.4) is 0 Å². The molecular formula is C18H22N4O4. The number of hydrogen-bond acceptors (Lipinski definition) is 6. The minimum Gasteiger partial charge on any atom is -0.489 e. The number of piperazine rings is 1. The van der Waals surface area contributed by atoms with E-state index < -0.39 is 6.09 Å². The van der Waals surface area contributed by atoms with Crippen molar-refractivity contribution < 1.29 is 14.3 Å². The average molecular weight is 358 g/mol. The van der Waals surface area contributed by atoms with Crippen molar-refractivity contribution in [2.24, 2.45) is 0 Å². The van der Waals surface area contributed by atoms with Gasteiger partial charge in [0, 0.05) is 55.1 Å². The molecule has 1 saturated heterocycles. The van der Waals surface area contributed by atoms with E-state index in [1.807, 2.05) is 17.1 Å². The predicted molar refractivity (Wildman–Crippen MR) is 96.2 cm³/mol. The summed E-state index contributed by atoms with van der Waals surface area (Å²) in [6, 6.07) is 6.95. The minimum absolute atomic E-state index is 0.145. The van der Waals surface area contributed by atoms with Crippen molar-refractivity contribution in [3.63, 3.8) is 0 Å². The van der Waals surface area contributed by atoms with E-state index in [1.165, 1.54) is 6.07 Å². The Bertz CT molecular complexity index is 873. The topological polar surface area (TPSA) is 86.9 Å². The van der Waals surface area contributed by atoms with Gasteiger partial charge in [-0.15, -0.1) is 0 Å². The first kappa shape index (κ1) is 16.9. The lowest BCUT2D eigenvalue weighted by Crippen LogP contribution is -2.53. The van der Waals surface area contributed by atoms with Gasteiger partial charge in [0.15, 0.2) is 0 Å². The highest BCUT2D eigenvalue weighted by Crippen LogP contribution is 2.31. The summed E-state index contributed by atoms with van der Waals surface area (Å²) in [4.78, 5) is 28.7. The number of carbonyl (C=O) groups excluding carboxylic acids is 1. The van der Waals surface area contributed by atoms with Gasteiger partial charge in [-0.25, -0.2) is 9.80 Å². The number of benzene rings is 1. The molecule has 0 aliphatic carbocycles. The average Bonchev–Trinajstić information content (AvgIpc) is 2.63. The number of aromatic amines is 1. The molecule has 2 aromatic rings. The molecule has 1 amide bonds. The van der Waals surface area contributed by atoms with Crippen molar-refractivity contribution in [1.29, 1.82) is 0 Å². The Labute approximate surface area is 150 Å². The molecule has 0 radical (unpaired) electrons. The van der Waals surface area contributed by atoms with Crippen LogP contribution in [0.1, 0.15) is 5.56 Å². The second-order valence-electron chi connectivity index (χ2n) is 6.77. The van der Waals surface area contributed by atoms with Crippen LogP contribution in [-0.2, 0) is 11.2 Å². The minimum atomic E-state index is -0.458. The number of rotatable bonds is 2. The number of hydrogen-bond donors (Lipinski definition) is 2. The van der Waals surface area contributed by atoms with Gasteiger partial charge in [0.2, 0.25) is 5.56 Å². The first-order chi connectivity index (χ1) is 12.6. The third kappa shape index (κ3) is 3.51. The molecule has 138 valence electrons. The van der Waals surface area contributed by atoms with Gasteiger partial charge >= 0.3 is 6.09 Å². The number of aromatic nitrogens is 1. The quantitative estimate of drug-likeness (QED) is 0.823. The zero-order valence-corrected chi connectivity index (χ0v) is 14.7. The molecule has 3 heterocycles. The van der Waals surface area contributed by atoms with Gasteiger partial charge in [-0.3, -0.25) is 10.2 Å². The van der Waals surface area contributed by atoms with E-state index in [0.29, 0.717) is 13.0 Å². The maximum atomic E-state index is 12.2. The molecule has 0 bridgehead atoms. The molecule has 0 saturated carbocycles. The van der Waals surface area contributed by atoms with Gasteiger partial charge in [-0.05, 0) is 25.2 Å². The molecule has 8 nitrogen and oxygen atoms in total. The van der Waals surface area contributed by atoms with Gasteiger partial charge in [0.25, 0.3) is 0 Å². The van der Waals surface area contributed by atoms with Crippen LogP contribution in [0.15, 0.2) is 29.1 Å². The number of ether oxygens (including phenoxy) is 2. The Morgan fingerprint density at radius 3 is 2.85 bits per heavy atom. The second-order valence-corrected chi connectivity index (χ2v) is 6.77. The molecule has 1 fully saturated rings. The van der Waals surface area contributed by atoms with Crippen molar-refractivity contribution in [2.75, 3.05) is 39.8 Å². The number of H-pyrrole nitrogens is 1. The smallest absolute Gasteiger partial charge is 0.422 e. The Morgan fingerprint density at radius 2 is 2.04 bits per heavy atom. The normalized spacial score (nSPS) is 21.0. The molecule has 1 aromatic heterocycles. The standard InChI is InChI=1S/C18H22N4O4/c1-21-6-8-22(9-7-21)20-18(24)26-12-10-14-13-2-5-17(23)19-15(13)3-4-16(14)25-11-12/h2-5,12H,6-11H2,1H3,(H,19,23)(H,20,24). The van der Waals surface area contributed by atoms with Crippen molar-refractivity contribution in [3.8, 4) is 5.75 Å². The maximum Gasteiger partial charge on any atom is 0.422 e. The molecular weight excluding hydrogens is 336 g/mol. The van der Waals surface area contributed by atoms with Gasteiger partial charge < -0.3 is 19.4 Å². The van der Waals surface area contributed by atoms with E-state index >= 15 is 0 Å². The van der Waals surface area contributed by atoms with Crippen LogP contribution >= 0.6 is 0 Å². The number of hydrazine groups is 1. The third-order valence-electron chi connectivity index (χ3n) is 4.86. The lowest BCUT2D eigenvalue weighted by atomic mass is 9.99. The highest BCUT2D eigenvalue weighted by atomic mass is 16.6. The Hall–Kier alpha value is -2.58. The van der Waals surface area contributed by atoms with E-state index in [4.69, 9.17) is 9.47 Å². The van der Waals surface area contributed by atoms with Crippen LogP contribution in [0.5, 0.6) is 5.75 Å². The number of nitrogens with one attached hydrogen (secondary N) is 2. The van der Waals surface area contributed by atoms with Crippen LogP contribution in [-0.4, -0.2) is 66.9 Å². The van der Waals surface area contributed by atoms with Crippen molar-refractivity contribution in [3.05, 3.63) is 40.2 Å². The zero-order chi connectivity index (χ0) is 18.1. The molecule has 8 heteroatoms. The summed E-state index contributed by atoms with van der Waals surface area (Å²) >= 11 is 0. The first-order valence-corrected chi connectivity index (χ1v) is 8.77. The molecule has 2 aliphatic rings. The first-order valence-electron chi connectivity index (χ1n) is 8.77. The van der Waals surface area contributed by atoms with Gasteiger partial charge in [-0.2, -0.15) is 0 Å². The van der Waals surface area contributed by atoms with Crippen molar-refractivity contribution >= 4 is 17.0 Å². The highest BCUT2D eigenvalue weighted by molar-refractivity contribution is 5.84. The largest absolute Gasteiger partial charge is 0.489 e. The molecule has 0 spiro atoms. The summed E-state index contributed by atoms with van der Waals surface area (Å²) in [5, 5.41) is 2.79. The lowest BCUT2D eigenvalue weighted by molar-refractivity contribution is 0.0304. The Morgan fingerprint density at radius 1 is 1.23 bits per heavy atom. The summed E-state index contributed by atoms with van der Waals surface area (Å²) in [6.45, 7) is 3.67. The highest BCUT2D eigenvalue weighted by Gasteiger charge is 2.26. The summed E-state index contributed by atoms with van der Waals surface area (Å²) in [5.74, 6) is 0.767. The monoisotopic (exact) mass is 358 g/mol. The summed E-state index contributed by atoms with van der Waals surface area (Å²) in [5.41, 5.74) is 4.35. The number of amides is 1. The van der Waals surface area contributed by atoms with Gasteiger partial charge in [0.1, 0.15) is 18.5 Å². The van der Waals surface area contributed by atoms with E-state index in [9.17, 15) is 9.59 Å². The number of pyridine rings is 1. The fourth-order valence-corrected chi connectivity index (χ4v) is 3.39. The summed E-state index contributed by atoms with van der Waals surface area (Å²) in [7, 11) is 2.06. The Balaban J connectivity index is 1.43. The number of likely N-dealkylation sites (N-methyl/N-ethyl adjacent to an activating group) is 1. The van der Waals surface area contributed by atoms with E-state index in [0.717, 1.165) is 48.4 Å². The van der Waals surface area contributed by atoms with E-state index in [1.54, 1.807) is 6.07 Å². The zero-order valence-electron chi connectivity index (χ0n) is 14.7. The van der Waals surface area contributed by atoms with Crippen LogP contribution in [0.25, 0.3) is 10.9 Å². The van der Waals surface area contributed by atoms with Crippen molar-refractivity contribution in [1.82, 2.24) is 20.3 Å². The fourth-order valence-electron chi connectivity index (χ4n) is 3.39. The van der Waals surface area contributed by atoms with Crippen LogP contribution in [0.4, 0.5) is 4.79 Å². The number of nitrogens with zero attached hydrogens (tertiary/aromatic N) is 2. The number of carbonyl (C=O) groups is 1. The Kier molecular flexibility index (Phi) is 4.52. The third-order valence-corrected chi connectivity index (χ3v) is 4.86. The number of fused-ring (bicyclic) bond motifs is 3. The fraction of sp³-hybridized carbons (Fsp3) is 0.444. The van der Waals surface area contributed by atoms with Gasteiger partial charge in [0.05, 0.1) is 0 Å². The van der Waals surface area contributed by atoms with E-state index in [2.05, 4.69) is 22.4 Å². The molecule has 26 heavy (non-hydrogen) atoms. The summed E-state index contributed by atoms with van der Waals surface area (Å²) in [6.07, 6.45) is -0.276. The maximum absolute atomic E-state index is 12.2. The van der Waals surface area contributed by atoms with Crippen LogP contribution in [0, 0.1) is 0 Å². The van der Waals surface area contributed by atoms with E-state index in [-0.39, 0.29) is 11.7 Å². The van der Waals surface area contributed by atoms with Crippen molar-refractivity contribution in [2.45, 2.75) is 12.5 Å². The molecule has 1 unspecified atom stereocenters. The van der Waals surface area contributed by atoms with Crippen LogP contribution < -0.4 is 15.7 Å². The molecule has 1 aromatic carbocycles. The summed E-state index contributed by atoms with van der Waals surface area (Å²) < 4.78 is 11.3. The SMILES string of the molecule is CN1CCN(NC(=O)OC2COc3ccc4[nH]c(=O)ccc4c3C2)CC1. The molecule has 2 N–H and O–H groups in total. The second kappa shape index (κ2) is 6.97. The van der Waals surface area contributed by atoms with Gasteiger partial charge in [-0.1, -0.05) is 0 Å². The lowest BCUT2D eigenvalue weighted by Gasteiger charge is -2.33.